The summed E-state index contributed by atoms with van der Waals surface area (Å²) in [6.07, 6.45) is 0.668. The van der Waals surface area contributed by atoms with Crippen LogP contribution in [0.4, 0.5) is 0 Å². The van der Waals surface area contributed by atoms with Crippen LogP contribution in [0.1, 0.15) is 62.4 Å². The Morgan fingerprint density at radius 3 is 1.21 bits per heavy atom. The fourth-order valence-corrected chi connectivity index (χ4v) is 15.9. The molecule has 3 nitrogen and oxygen atoms in total. The first kappa shape index (κ1) is 40.3. The SMILES string of the molecule is CC(C)(C)OC(C)(C)Cc1cccc(P(=O)(c2ccccc2)c2ccc3c(c2)C2(c4ccccc4-c4ccccc42)c2cc(P(=O)(c4ccccc4)c4ccccc4)ccc2-3)c1. The van der Waals surface area contributed by atoms with Gasteiger partial charge in [0.05, 0.1) is 16.6 Å². The van der Waals surface area contributed by atoms with Gasteiger partial charge in [0.1, 0.15) is 0 Å². The topological polar surface area (TPSA) is 43.4 Å². The van der Waals surface area contributed by atoms with Crippen LogP contribution in [0.5, 0.6) is 0 Å². The molecule has 0 fully saturated rings. The van der Waals surface area contributed by atoms with E-state index in [2.05, 4.69) is 132 Å². The standard InChI is InChI=1S/C57H50O3P2/c1-55(2,3)60-56(4,5)39-40-20-19-27-44(36-40)62(59,43-25-13-8-14-26-43)46-33-35-50-49-34-32-45(61(58,41-21-9-6-10-22-41)42-23-11-7-12-24-42)37-53(49)57(54(50)38-46)51-30-17-15-28-47(51)48-29-16-18-31-52(48)57/h6-38H,39H2,1-5H3. The largest absolute Gasteiger partial charge is 0.370 e. The summed E-state index contributed by atoms with van der Waals surface area (Å²) < 4.78 is 39.1. The summed E-state index contributed by atoms with van der Waals surface area (Å²) >= 11 is 0. The lowest BCUT2D eigenvalue weighted by atomic mass is 9.70. The van der Waals surface area contributed by atoms with Crippen molar-refractivity contribution in [1.82, 2.24) is 0 Å². The molecule has 0 aromatic heterocycles. The van der Waals surface area contributed by atoms with Crippen molar-refractivity contribution in [3.63, 3.8) is 0 Å². The van der Waals surface area contributed by atoms with Gasteiger partial charge in [-0.2, -0.15) is 0 Å². The number of rotatable bonds is 9. The van der Waals surface area contributed by atoms with Crippen molar-refractivity contribution in [1.29, 1.82) is 0 Å². The molecule has 8 aromatic rings. The number of benzene rings is 8. The molecule has 0 saturated heterocycles. The van der Waals surface area contributed by atoms with Crippen molar-refractivity contribution in [3.05, 3.63) is 228 Å². The maximum Gasteiger partial charge on any atom is 0.171 e. The van der Waals surface area contributed by atoms with Gasteiger partial charge < -0.3 is 13.9 Å². The minimum atomic E-state index is -3.46. The third-order valence-electron chi connectivity index (χ3n) is 12.6. The summed E-state index contributed by atoms with van der Waals surface area (Å²) in [5.41, 5.74) is 8.60. The average Bonchev–Trinajstić information content (AvgIpc) is 3.75. The zero-order valence-electron chi connectivity index (χ0n) is 35.9. The number of hydrogen-bond acceptors (Lipinski definition) is 3. The van der Waals surface area contributed by atoms with Crippen LogP contribution in [0.25, 0.3) is 22.3 Å². The average molecular weight is 845 g/mol. The molecular formula is C57H50O3P2. The van der Waals surface area contributed by atoms with Gasteiger partial charge in [0.2, 0.25) is 0 Å². The quantitative estimate of drug-likeness (QED) is 0.136. The lowest BCUT2D eigenvalue weighted by Crippen LogP contribution is -2.36. The molecule has 0 bridgehead atoms. The highest BCUT2D eigenvalue weighted by molar-refractivity contribution is 7.85. The van der Waals surface area contributed by atoms with Crippen LogP contribution < -0.4 is 31.8 Å². The summed E-state index contributed by atoms with van der Waals surface area (Å²) in [6, 6.07) is 68.6. The van der Waals surface area contributed by atoms with Gasteiger partial charge in [-0.25, -0.2) is 0 Å². The molecule has 0 saturated carbocycles. The zero-order valence-corrected chi connectivity index (χ0v) is 37.7. The first-order valence-corrected chi connectivity index (χ1v) is 24.9. The first-order valence-electron chi connectivity index (χ1n) is 21.5. The second-order valence-electron chi connectivity index (χ2n) is 18.3. The van der Waals surface area contributed by atoms with E-state index in [0.717, 1.165) is 59.6 Å². The molecule has 2 aliphatic rings. The van der Waals surface area contributed by atoms with E-state index in [0.29, 0.717) is 6.42 Å². The molecule has 0 heterocycles. The molecule has 2 aliphatic carbocycles. The Kier molecular flexibility index (Phi) is 9.69. The molecule has 8 aromatic carbocycles. The van der Waals surface area contributed by atoms with Crippen molar-refractivity contribution >= 4 is 46.1 Å². The van der Waals surface area contributed by atoms with Crippen LogP contribution in [-0.4, -0.2) is 11.2 Å². The highest BCUT2D eigenvalue weighted by Crippen LogP contribution is 2.63. The normalized spacial score (nSPS) is 14.7. The van der Waals surface area contributed by atoms with E-state index in [-0.39, 0.29) is 5.60 Å². The van der Waals surface area contributed by atoms with E-state index >= 15 is 9.13 Å². The molecule has 0 amide bonds. The maximum atomic E-state index is 16.6. The highest BCUT2D eigenvalue weighted by Gasteiger charge is 2.53. The van der Waals surface area contributed by atoms with E-state index in [1.807, 2.05) is 103 Å². The highest BCUT2D eigenvalue weighted by atomic mass is 31.2. The fraction of sp³-hybridized carbons (Fsp3) is 0.158. The van der Waals surface area contributed by atoms with Gasteiger partial charge in [0.15, 0.2) is 14.3 Å². The summed E-state index contributed by atoms with van der Waals surface area (Å²) in [6.45, 7) is 10.5. The number of hydrogen-bond donors (Lipinski definition) is 0. The lowest BCUT2D eigenvalue weighted by Gasteiger charge is -2.34. The minimum Gasteiger partial charge on any atom is -0.370 e. The monoisotopic (exact) mass is 844 g/mol. The predicted octanol–water partition coefficient (Wildman–Crippen LogP) is 11.4. The summed E-state index contributed by atoms with van der Waals surface area (Å²) in [4.78, 5) is 0. The lowest BCUT2D eigenvalue weighted by molar-refractivity contribution is -0.111. The molecule has 0 N–H and O–H groups in total. The molecule has 0 aliphatic heterocycles. The molecule has 5 heteroatoms. The van der Waals surface area contributed by atoms with Gasteiger partial charge >= 0.3 is 0 Å². The third-order valence-corrected chi connectivity index (χ3v) is 18.7. The van der Waals surface area contributed by atoms with Crippen LogP contribution in [0, 0.1) is 0 Å². The molecule has 1 unspecified atom stereocenters. The van der Waals surface area contributed by atoms with Crippen LogP contribution in [0.2, 0.25) is 0 Å². The Morgan fingerprint density at radius 2 is 0.758 bits per heavy atom. The third kappa shape index (κ3) is 6.36. The van der Waals surface area contributed by atoms with Gasteiger partial charge in [-0.15, -0.1) is 0 Å². The van der Waals surface area contributed by atoms with Crippen LogP contribution >= 0.6 is 14.3 Å². The second-order valence-corrected chi connectivity index (χ2v) is 23.9. The minimum absolute atomic E-state index is 0.309. The van der Waals surface area contributed by atoms with E-state index in [1.54, 1.807) is 0 Å². The Morgan fingerprint density at radius 1 is 0.387 bits per heavy atom. The molecule has 62 heavy (non-hydrogen) atoms. The molecule has 0 radical (unpaired) electrons. The van der Waals surface area contributed by atoms with Crippen LogP contribution in [0.15, 0.2) is 200 Å². The molecule has 306 valence electrons. The molecule has 1 atom stereocenters. The number of ether oxygens (including phenoxy) is 1. The predicted molar refractivity (Wildman–Crippen MR) is 260 cm³/mol. The fourth-order valence-electron chi connectivity index (χ4n) is 10.5. The van der Waals surface area contributed by atoms with Gasteiger partial charge in [-0.05, 0) is 103 Å². The molecular weight excluding hydrogens is 795 g/mol. The smallest absolute Gasteiger partial charge is 0.171 e. The van der Waals surface area contributed by atoms with Crippen LogP contribution in [-0.2, 0) is 25.7 Å². The number of fused-ring (bicyclic) bond motifs is 10. The first-order chi connectivity index (χ1) is 29.8. The molecule has 1 spiro atoms. The Balaban J connectivity index is 1.23. The van der Waals surface area contributed by atoms with Crippen molar-refractivity contribution < 1.29 is 13.9 Å². The van der Waals surface area contributed by atoms with E-state index in [4.69, 9.17) is 4.74 Å². The maximum absolute atomic E-state index is 16.6. The Labute approximate surface area is 366 Å². The van der Waals surface area contributed by atoms with Crippen molar-refractivity contribution in [2.45, 2.75) is 57.7 Å². The van der Waals surface area contributed by atoms with Gasteiger partial charge in [0, 0.05) is 38.2 Å². The van der Waals surface area contributed by atoms with Crippen molar-refractivity contribution in [3.8, 4) is 22.3 Å². The Hall–Kier alpha value is -5.82. The summed E-state index contributed by atoms with van der Waals surface area (Å²) in [5.74, 6) is 0. The molecule has 10 rings (SSSR count). The van der Waals surface area contributed by atoms with E-state index in [1.165, 1.54) is 22.3 Å². The van der Waals surface area contributed by atoms with E-state index in [9.17, 15) is 0 Å². The van der Waals surface area contributed by atoms with E-state index < -0.39 is 25.3 Å². The summed E-state index contributed by atoms with van der Waals surface area (Å²) in [5, 5.41) is 4.73. The van der Waals surface area contributed by atoms with Crippen LogP contribution in [0.3, 0.4) is 0 Å². The zero-order chi connectivity index (χ0) is 42.9. The van der Waals surface area contributed by atoms with Gasteiger partial charge in [0.25, 0.3) is 0 Å². The summed E-state index contributed by atoms with van der Waals surface area (Å²) in [7, 11) is -6.80. The Bertz CT molecular complexity index is 3000. The van der Waals surface area contributed by atoms with Gasteiger partial charge in [-0.1, -0.05) is 182 Å². The van der Waals surface area contributed by atoms with Gasteiger partial charge in [-0.3, -0.25) is 0 Å². The van der Waals surface area contributed by atoms with Crippen molar-refractivity contribution in [2.24, 2.45) is 0 Å². The second kappa shape index (κ2) is 14.9. The van der Waals surface area contributed by atoms with Crippen molar-refractivity contribution in [2.75, 3.05) is 0 Å².